The lowest BCUT2D eigenvalue weighted by Crippen LogP contribution is -2.38. The molecule has 1 aliphatic heterocycles. The fraction of sp³-hybridized carbons (Fsp3) is 1.00. The third kappa shape index (κ3) is 2.61. The fourth-order valence-electron chi connectivity index (χ4n) is 3.83. The zero-order valence-corrected chi connectivity index (χ0v) is 11.6. The summed E-state index contributed by atoms with van der Waals surface area (Å²) in [6.07, 6.45) is 7.23. The van der Waals surface area contributed by atoms with Crippen LogP contribution in [0.2, 0.25) is 0 Å². The van der Waals surface area contributed by atoms with Crippen LogP contribution in [-0.4, -0.2) is 12.6 Å². The Morgan fingerprint density at radius 3 is 2.00 bits per heavy atom. The van der Waals surface area contributed by atoms with Gasteiger partial charge in [0.25, 0.3) is 0 Å². The van der Waals surface area contributed by atoms with Crippen molar-refractivity contribution in [3.8, 4) is 0 Å². The molecule has 2 fully saturated rings. The van der Waals surface area contributed by atoms with E-state index in [1.807, 2.05) is 0 Å². The van der Waals surface area contributed by atoms with Gasteiger partial charge in [-0.25, -0.2) is 0 Å². The van der Waals surface area contributed by atoms with Crippen LogP contribution < -0.4 is 5.32 Å². The zero-order valence-electron chi connectivity index (χ0n) is 11.6. The summed E-state index contributed by atoms with van der Waals surface area (Å²) in [4.78, 5) is 0. The van der Waals surface area contributed by atoms with Crippen molar-refractivity contribution in [3.05, 3.63) is 0 Å². The summed E-state index contributed by atoms with van der Waals surface area (Å²) in [6, 6.07) is 0.834. The molecule has 0 spiro atoms. The van der Waals surface area contributed by atoms with E-state index in [4.69, 9.17) is 0 Å². The Hall–Kier alpha value is -0.0400. The second-order valence-electron chi connectivity index (χ2n) is 7.22. The minimum atomic E-state index is 0.527. The van der Waals surface area contributed by atoms with Gasteiger partial charge in [-0.15, -0.1) is 0 Å². The smallest absolute Gasteiger partial charge is 0.0121 e. The van der Waals surface area contributed by atoms with Gasteiger partial charge in [0, 0.05) is 6.04 Å². The molecular formula is C15H29N. The van der Waals surface area contributed by atoms with E-state index in [-0.39, 0.29) is 0 Å². The van der Waals surface area contributed by atoms with Gasteiger partial charge in [-0.2, -0.15) is 0 Å². The number of rotatable bonds is 1. The summed E-state index contributed by atoms with van der Waals surface area (Å²) in [5.74, 6) is 2.84. The lowest BCUT2D eigenvalue weighted by molar-refractivity contribution is 0.129. The number of hydrogen-bond acceptors (Lipinski definition) is 1. The van der Waals surface area contributed by atoms with Crippen LogP contribution in [0.25, 0.3) is 0 Å². The summed E-state index contributed by atoms with van der Waals surface area (Å²) >= 11 is 0. The molecule has 1 nitrogen and oxygen atoms in total. The molecule has 1 saturated carbocycles. The van der Waals surface area contributed by atoms with E-state index in [1.165, 1.54) is 38.6 Å². The molecule has 2 aliphatic rings. The van der Waals surface area contributed by atoms with Crippen molar-refractivity contribution >= 4 is 0 Å². The van der Waals surface area contributed by atoms with Gasteiger partial charge >= 0.3 is 0 Å². The van der Waals surface area contributed by atoms with Crippen LogP contribution in [0.1, 0.15) is 59.8 Å². The highest BCUT2D eigenvalue weighted by molar-refractivity contribution is 4.90. The highest BCUT2D eigenvalue weighted by Gasteiger charge is 2.36. The van der Waals surface area contributed by atoms with Crippen LogP contribution in [0.15, 0.2) is 0 Å². The summed E-state index contributed by atoms with van der Waals surface area (Å²) in [6.45, 7) is 10.9. The minimum Gasteiger partial charge on any atom is -0.313 e. The summed E-state index contributed by atoms with van der Waals surface area (Å²) < 4.78 is 0. The molecule has 2 unspecified atom stereocenters. The first-order valence-corrected chi connectivity index (χ1v) is 7.22. The molecule has 2 rings (SSSR count). The molecule has 1 heteroatoms. The Balaban J connectivity index is 1.85. The Bertz CT molecular complexity index is 220. The predicted octanol–water partition coefficient (Wildman–Crippen LogP) is 3.84. The Kier molecular flexibility index (Phi) is 3.63. The van der Waals surface area contributed by atoms with Crippen molar-refractivity contribution in [1.29, 1.82) is 0 Å². The van der Waals surface area contributed by atoms with Crippen LogP contribution in [0.4, 0.5) is 0 Å². The molecule has 0 amide bonds. The molecule has 0 aromatic rings. The maximum atomic E-state index is 3.73. The molecule has 1 aliphatic carbocycles. The molecule has 16 heavy (non-hydrogen) atoms. The number of nitrogens with one attached hydrogen (secondary N) is 1. The second kappa shape index (κ2) is 4.68. The van der Waals surface area contributed by atoms with E-state index < -0.39 is 0 Å². The Labute approximate surface area is 101 Å². The molecule has 1 heterocycles. The van der Waals surface area contributed by atoms with E-state index in [0.717, 1.165) is 23.8 Å². The van der Waals surface area contributed by atoms with Gasteiger partial charge in [-0.3, -0.25) is 0 Å². The standard InChI is InChI=1S/C15H29N/c1-11-9-10-16-14(11)12-5-7-13(8-6-12)15(2,3)4/h11-14,16H,5-10H2,1-4H3. The third-order valence-electron chi connectivity index (χ3n) is 5.10. The van der Waals surface area contributed by atoms with E-state index in [9.17, 15) is 0 Å². The molecule has 1 saturated heterocycles. The van der Waals surface area contributed by atoms with Gasteiger partial charge in [0.2, 0.25) is 0 Å². The SMILES string of the molecule is CC1CCNC1C1CCC(C(C)(C)C)CC1. The normalized spacial score (nSPS) is 41.2. The van der Waals surface area contributed by atoms with Crippen molar-refractivity contribution < 1.29 is 0 Å². The molecule has 0 radical (unpaired) electrons. The largest absolute Gasteiger partial charge is 0.313 e. The van der Waals surface area contributed by atoms with Gasteiger partial charge in [-0.05, 0) is 61.8 Å². The fourth-order valence-corrected chi connectivity index (χ4v) is 3.83. The Morgan fingerprint density at radius 2 is 1.56 bits per heavy atom. The highest BCUT2D eigenvalue weighted by Crippen LogP contribution is 2.42. The van der Waals surface area contributed by atoms with Crippen LogP contribution in [0.3, 0.4) is 0 Å². The molecule has 0 bridgehead atoms. The molecule has 94 valence electrons. The van der Waals surface area contributed by atoms with E-state index >= 15 is 0 Å². The van der Waals surface area contributed by atoms with Gasteiger partial charge in [0.05, 0.1) is 0 Å². The van der Waals surface area contributed by atoms with Crippen molar-refractivity contribution in [3.63, 3.8) is 0 Å². The molecule has 0 aromatic carbocycles. The third-order valence-corrected chi connectivity index (χ3v) is 5.10. The second-order valence-corrected chi connectivity index (χ2v) is 7.22. The van der Waals surface area contributed by atoms with Crippen LogP contribution in [0, 0.1) is 23.2 Å². The van der Waals surface area contributed by atoms with Crippen LogP contribution >= 0.6 is 0 Å². The van der Waals surface area contributed by atoms with Gasteiger partial charge in [0.15, 0.2) is 0 Å². The quantitative estimate of drug-likeness (QED) is 0.712. The van der Waals surface area contributed by atoms with Crippen molar-refractivity contribution in [2.75, 3.05) is 6.54 Å². The molecular weight excluding hydrogens is 194 g/mol. The molecule has 1 N–H and O–H groups in total. The zero-order chi connectivity index (χ0) is 11.8. The monoisotopic (exact) mass is 223 g/mol. The summed E-state index contributed by atoms with van der Waals surface area (Å²) in [7, 11) is 0. The van der Waals surface area contributed by atoms with Crippen LogP contribution in [-0.2, 0) is 0 Å². The van der Waals surface area contributed by atoms with Gasteiger partial charge in [-0.1, -0.05) is 27.7 Å². The van der Waals surface area contributed by atoms with E-state index in [1.54, 1.807) is 0 Å². The highest BCUT2D eigenvalue weighted by atomic mass is 15.0. The molecule has 2 atom stereocenters. The first kappa shape index (κ1) is 12.4. The van der Waals surface area contributed by atoms with Crippen LogP contribution in [0.5, 0.6) is 0 Å². The van der Waals surface area contributed by atoms with Crippen molar-refractivity contribution in [2.24, 2.45) is 23.2 Å². The maximum absolute atomic E-state index is 3.73. The maximum Gasteiger partial charge on any atom is 0.0121 e. The predicted molar refractivity (Wildman–Crippen MR) is 70.5 cm³/mol. The summed E-state index contributed by atoms with van der Waals surface area (Å²) in [5, 5.41) is 3.73. The average Bonchev–Trinajstić information content (AvgIpc) is 2.63. The first-order valence-electron chi connectivity index (χ1n) is 7.22. The van der Waals surface area contributed by atoms with Gasteiger partial charge < -0.3 is 5.32 Å². The van der Waals surface area contributed by atoms with Crippen molar-refractivity contribution in [1.82, 2.24) is 5.32 Å². The minimum absolute atomic E-state index is 0.527. The first-order chi connectivity index (χ1) is 7.48. The summed E-state index contributed by atoms with van der Waals surface area (Å²) in [5.41, 5.74) is 0.527. The number of hydrogen-bond donors (Lipinski definition) is 1. The Morgan fingerprint density at radius 1 is 0.938 bits per heavy atom. The lowest BCUT2D eigenvalue weighted by atomic mass is 9.68. The van der Waals surface area contributed by atoms with Gasteiger partial charge in [0.1, 0.15) is 0 Å². The van der Waals surface area contributed by atoms with Crippen molar-refractivity contribution in [2.45, 2.75) is 65.8 Å². The molecule has 0 aromatic heterocycles. The average molecular weight is 223 g/mol. The topological polar surface area (TPSA) is 12.0 Å². The lowest BCUT2D eigenvalue weighted by Gasteiger charge is -2.39. The van der Waals surface area contributed by atoms with E-state index in [2.05, 4.69) is 33.0 Å². The van der Waals surface area contributed by atoms with E-state index in [0.29, 0.717) is 5.41 Å².